The summed E-state index contributed by atoms with van der Waals surface area (Å²) in [6.45, 7) is 0. The summed E-state index contributed by atoms with van der Waals surface area (Å²) in [4.78, 5) is 17.8. The van der Waals surface area contributed by atoms with Crippen molar-refractivity contribution in [2.45, 2.75) is 43.9 Å². The zero-order valence-corrected chi connectivity index (χ0v) is 11.1. The molecule has 0 aromatic carbocycles. The number of nitrogens with zero attached hydrogens (tertiary/aromatic N) is 2. The topological polar surface area (TPSA) is 73.7 Å². The molecule has 1 saturated carbocycles. The van der Waals surface area contributed by atoms with E-state index in [0.717, 1.165) is 12.8 Å². The molecule has 1 aromatic heterocycles. The van der Waals surface area contributed by atoms with Crippen LogP contribution in [-0.2, 0) is 0 Å². The Labute approximate surface area is 112 Å². The summed E-state index contributed by atoms with van der Waals surface area (Å²) >= 11 is 0. The fourth-order valence-electron chi connectivity index (χ4n) is 2.55. The van der Waals surface area contributed by atoms with E-state index in [1.54, 1.807) is 31.4 Å². The SMILES string of the molecule is CN(C(=O)c1ccccn1)[C@@H]1CCCC[C@@H](O)[C@@H]1O. The molecule has 0 bridgehead atoms. The normalized spacial score (nSPS) is 27.6. The highest BCUT2D eigenvalue weighted by molar-refractivity contribution is 5.92. The minimum Gasteiger partial charge on any atom is -0.390 e. The Hall–Kier alpha value is -1.46. The number of amides is 1. The van der Waals surface area contributed by atoms with Gasteiger partial charge in [0.25, 0.3) is 5.91 Å². The lowest BCUT2D eigenvalue weighted by atomic mass is 10.0. The zero-order valence-electron chi connectivity index (χ0n) is 11.1. The van der Waals surface area contributed by atoms with Crippen LogP contribution < -0.4 is 0 Å². The second kappa shape index (κ2) is 6.12. The van der Waals surface area contributed by atoms with Gasteiger partial charge in [-0.05, 0) is 25.0 Å². The van der Waals surface area contributed by atoms with Crippen LogP contribution in [0.4, 0.5) is 0 Å². The number of hydrogen-bond donors (Lipinski definition) is 2. The van der Waals surface area contributed by atoms with Crippen LogP contribution in [0.25, 0.3) is 0 Å². The lowest BCUT2D eigenvalue weighted by Gasteiger charge is -2.32. The van der Waals surface area contributed by atoms with E-state index in [-0.39, 0.29) is 11.9 Å². The van der Waals surface area contributed by atoms with Crippen molar-refractivity contribution in [3.63, 3.8) is 0 Å². The average Bonchev–Trinajstić information content (AvgIpc) is 2.61. The Bertz CT molecular complexity index is 424. The number of carbonyl (C=O) groups excluding carboxylic acids is 1. The molecule has 0 radical (unpaired) electrons. The first kappa shape index (κ1) is 14.0. The molecule has 1 aliphatic rings. The molecule has 104 valence electrons. The summed E-state index contributed by atoms with van der Waals surface area (Å²) < 4.78 is 0. The molecule has 1 heterocycles. The number of aliphatic hydroxyl groups excluding tert-OH is 2. The Morgan fingerprint density at radius 1 is 1.32 bits per heavy atom. The smallest absolute Gasteiger partial charge is 0.272 e. The summed E-state index contributed by atoms with van der Waals surface area (Å²) in [5.74, 6) is -0.223. The van der Waals surface area contributed by atoms with E-state index in [9.17, 15) is 15.0 Å². The molecule has 0 unspecified atom stereocenters. The first-order valence-electron chi connectivity index (χ1n) is 6.65. The number of likely N-dealkylation sites (N-methyl/N-ethyl adjacent to an activating group) is 1. The monoisotopic (exact) mass is 264 g/mol. The highest BCUT2D eigenvalue weighted by atomic mass is 16.3. The molecule has 0 aliphatic heterocycles. The third kappa shape index (κ3) is 3.11. The number of hydrogen-bond acceptors (Lipinski definition) is 4. The number of carbonyl (C=O) groups is 1. The van der Waals surface area contributed by atoms with Crippen LogP contribution in [0.1, 0.15) is 36.2 Å². The minimum atomic E-state index is -0.889. The van der Waals surface area contributed by atoms with E-state index >= 15 is 0 Å². The number of rotatable bonds is 2. The lowest BCUT2D eigenvalue weighted by Crippen LogP contribution is -2.48. The van der Waals surface area contributed by atoms with Crippen molar-refractivity contribution in [3.05, 3.63) is 30.1 Å². The Balaban J connectivity index is 2.13. The molecule has 1 amide bonds. The van der Waals surface area contributed by atoms with Crippen LogP contribution in [0.2, 0.25) is 0 Å². The Morgan fingerprint density at radius 2 is 2.05 bits per heavy atom. The van der Waals surface area contributed by atoms with Crippen LogP contribution in [-0.4, -0.2) is 51.3 Å². The number of aromatic nitrogens is 1. The zero-order chi connectivity index (χ0) is 13.8. The maximum absolute atomic E-state index is 12.3. The molecule has 5 nitrogen and oxygen atoms in total. The second-order valence-electron chi connectivity index (χ2n) is 5.04. The van der Waals surface area contributed by atoms with E-state index in [0.29, 0.717) is 18.5 Å². The molecule has 1 aliphatic carbocycles. The highest BCUT2D eigenvalue weighted by Gasteiger charge is 2.33. The van der Waals surface area contributed by atoms with Crippen LogP contribution >= 0.6 is 0 Å². The third-order valence-electron chi connectivity index (χ3n) is 3.74. The molecule has 2 N–H and O–H groups in total. The third-order valence-corrected chi connectivity index (χ3v) is 3.74. The standard InChI is InChI=1S/C14H20N2O3/c1-16(14(19)10-6-4-5-9-15-10)11-7-2-3-8-12(17)13(11)18/h4-6,9,11-13,17-18H,2-3,7-8H2,1H3/t11-,12-,13-/m1/s1. The van der Waals surface area contributed by atoms with Crippen LogP contribution in [0.3, 0.4) is 0 Å². The van der Waals surface area contributed by atoms with E-state index in [2.05, 4.69) is 4.98 Å². The van der Waals surface area contributed by atoms with Crippen molar-refractivity contribution in [1.29, 1.82) is 0 Å². The second-order valence-corrected chi connectivity index (χ2v) is 5.04. The molecule has 3 atom stereocenters. The van der Waals surface area contributed by atoms with Gasteiger partial charge in [-0.25, -0.2) is 0 Å². The molecule has 0 spiro atoms. The average molecular weight is 264 g/mol. The lowest BCUT2D eigenvalue weighted by molar-refractivity contribution is -0.0256. The molecular weight excluding hydrogens is 244 g/mol. The van der Waals surface area contributed by atoms with Gasteiger partial charge in [0, 0.05) is 13.2 Å². The van der Waals surface area contributed by atoms with Gasteiger partial charge in [0.05, 0.1) is 12.1 Å². The van der Waals surface area contributed by atoms with Gasteiger partial charge in [-0.15, -0.1) is 0 Å². The van der Waals surface area contributed by atoms with Crippen molar-refractivity contribution < 1.29 is 15.0 Å². The number of aliphatic hydroxyl groups is 2. The van der Waals surface area contributed by atoms with Crippen molar-refractivity contribution in [2.24, 2.45) is 0 Å². The van der Waals surface area contributed by atoms with Gasteiger partial charge in [-0.2, -0.15) is 0 Å². The predicted octanol–water partition coefficient (Wildman–Crippen LogP) is 0.818. The Morgan fingerprint density at radius 3 is 2.74 bits per heavy atom. The summed E-state index contributed by atoms with van der Waals surface area (Å²) in [7, 11) is 1.66. The first-order valence-corrected chi connectivity index (χ1v) is 6.65. The molecule has 1 fully saturated rings. The maximum atomic E-state index is 12.3. The predicted molar refractivity (Wildman–Crippen MR) is 70.6 cm³/mol. The molecular formula is C14H20N2O3. The number of pyridine rings is 1. The van der Waals surface area contributed by atoms with Gasteiger partial charge in [0.15, 0.2) is 0 Å². The summed E-state index contributed by atoms with van der Waals surface area (Å²) in [6.07, 6.45) is 2.99. The first-order chi connectivity index (χ1) is 9.11. The van der Waals surface area contributed by atoms with Crippen molar-refractivity contribution >= 4 is 5.91 Å². The minimum absolute atomic E-state index is 0.223. The quantitative estimate of drug-likeness (QED) is 0.776. The molecule has 5 heteroatoms. The fourth-order valence-corrected chi connectivity index (χ4v) is 2.55. The van der Waals surface area contributed by atoms with E-state index < -0.39 is 12.2 Å². The largest absolute Gasteiger partial charge is 0.390 e. The fraction of sp³-hybridized carbons (Fsp3) is 0.571. The highest BCUT2D eigenvalue weighted by Crippen LogP contribution is 2.23. The van der Waals surface area contributed by atoms with Gasteiger partial charge in [0.1, 0.15) is 11.8 Å². The van der Waals surface area contributed by atoms with Crippen molar-refractivity contribution in [1.82, 2.24) is 9.88 Å². The van der Waals surface area contributed by atoms with Gasteiger partial charge >= 0.3 is 0 Å². The Kier molecular flexibility index (Phi) is 4.50. The van der Waals surface area contributed by atoms with Crippen molar-refractivity contribution in [2.75, 3.05) is 7.05 Å². The van der Waals surface area contributed by atoms with Gasteiger partial charge in [-0.1, -0.05) is 18.9 Å². The molecule has 1 aromatic rings. The molecule has 19 heavy (non-hydrogen) atoms. The van der Waals surface area contributed by atoms with E-state index in [1.165, 1.54) is 4.90 Å². The van der Waals surface area contributed by atoms with Crippen molar-refractivity contribution in [3.8, 4) is 0 Å². The van der Waals surface area contributed by atoms with E-state index in [1.807, 2.05) is 0 Å². The van der Waals surface area contributed by atoms with Gasteiger partial charge in [-0.3, -0.25) is 9.78 Å². The summed E-state index contributed by atoms with van der Waals surface area (Å²) in [5.41, 5.74) is 0.357. The van der Waals surface area contributed by atoms with Gasteiger partial charge < -0.3 is 15.1 Å². The van der Waals surface area contributed by atoms with Crippen LogP contribution in [0, 0.1) is 0 Å². The van der Waals surface area contributed by atoms with E-state index in [4.69, 9.17) is 0 Å². The van der Waals surface area contributed by atoms with Crippen LogP contribution in [0.15, 0.2) is 24.4 Å². The van der Waals surface area contributed by atoms with Crippen LogP contribution in [0.5, 0.6) is 0 Å². The summed E-state index contributed by atoms with van der Waals surface area (Å²) in [6, 6.07) is 4.80. The maximum Gasteiger partial charge on any atom is 0.272 e. The molecule has 0 saturated heterocycles. The van der Waals surface area contributed by atoms with Gasteiger partial charge in [0.2, 0.25) is 0 Å². The molecule has 2 rings (SSSR count). The summed E-state index contributed by atoms with van der Waals surface area (Å²) in [5, 5.41) is 19.9.